The normalized spacial score (nSPS) is 15.4. The number of alkyl halides is 1. The van der Waals surface area contributed by atoms with Crippen molar-refractivity contribution >= 4 is 34.2 Å². The van der Waals surface area contributed by atoms with Gasteiger partial charge in [-0.2, -0.15) is 0 Å². The number of methoxy groups -OCH3 is 1. The molecule has 0 aromatic heterocycles. The molecule has 72 valence electrons. The fraction of sp³-hybridized carbons (Fsp3) is 0.400. The molecule has 0 spiro atoms. The molecule has 0 aliphatic rings. The molecule has 1 aromatic rings. The zero-order chi connectivity index (χ0) is 9.90. The van der Waals surface area contributed by atoms with Crippen molar-refractivity contribution in [1.82, 2.24) is 0 Å². The molecule has 0 aliphatic heterocycles. The molecule has 3 heteroatoms. The Morgan fingerprint density at radius 1 is 1.38 bits per heavy atom. The van der Waals surface area contributed by atoms with Crippen molar-refractivity contribution in [1.29, 1.82) is 0 Å². The molecule has 0 bridgehead atoms. The lowest BCUT2D eigenvalue weighted by atomic mass is 9.98. The molecule has 1 aromatic carbocycles. The molecule has 1 unspecified atom stereocenters. The van der Waals surface area contributed by atoms with Crippen LogP contribution in [0.2, 0.25) is 5.02 Å². The Hall–Kier alpha value is 0.200. The summed E-state index contributed by atoms with van der Waals surface area (Å²) in [5, 5.41) is 0.760. The minimum atomic E-state index is -0.203. The molecule has 0 aliphatic carbocycles. The summed E-state index contributed by atoms with van der Waals surface area (Å²) in [6, 6.07) is 7.79. The lowest BCUT2D eigenvalue weighted by Crippen LogP contribution is -2.25. The molecule has 0 N–H and O–H groups in total. The van der Waals surface area contributed by atoms with Crippen molar-refractivity contribution in [2.45, 2.75) is 12.5 Å². The first-order valence-corrected chi connectivity index (χ1v) is 5.90. The van der Waals surface area contributed by atoms with Crippen LogP contribution in [-0.4, -0.2) is 11.5 Å². The van der Waals surface area contributed by atoms with E-state index in [2.05, 4.69) is 29.5 Å². The fourth-order valence-electron chi connectivity index (χ4n) is 1.05. The van der Waals surface area contributed by atoms with E-state index in [-0.39, 0.29) is 5.60 Å². The summed E-state index contributed by atoms with van der Waals surface area (Å²) in [6.07, 6.45) is 0. The summed E-state index contributed by atoms with van der Waals surface area (Å²) in [5.41, 5.74) is 0.958. The number of halogens is 2. The van der Waals surface area contributed by atoms with E-state index < -0.39 is 0 Å². The number of hydrogen-bond acceptors (Lipinski definition) is 1. The Balaban J connectivity index is 2.99. The highest BCUT2D eigenvalue weighted by Crippen LogP contribution is 2.27. The van der Waals surface area contributed by atoms with Gasteiger partial charge in [-0.3, -0.25) is 0 Å². The maximum absolute atomic E-state index is 5.81. The molecule has 0 saturated heterocycles. The number of ether oxygens (including phenoxy) is 1. The molecule has 0 amide bonds. The third kappa shape index (κ3) is 2.58. The summed E-state index contributed by atoms with van der Waals surface area (Å²) in [7, 11) is 1.73. The van der Waals surface area contributed by atoms with Gasteiger partial charge in [0.15, 0.2) is 0 Å². The standard InChI is InChI=1S/C10H12ClIO/c1-10(7-12,13-2)8-3-5-9(11)6-4-8/h3-6H,7H2,1-2H3. The van der Waals surface area contributed by atoms with Gasteiger partial charge in [0.1, 0.15) is 0 Å². The van der Waals surface area contributed by atoms with Gasteiger partial charge in [-0.25, -0.2) is 0 Å². The Morgan fingerprint density at radius 3 is 2.31 bits per heavy atom. The van der Waals surface area contributed by atoms with Crippen LogP contribution in [0.25, 0.3) is 0 Å². The van der Waals surface area contributed by atoms with Gasteiger partial charge in [-0.15, -0.1) is 0 Å². The van der Waals surface area contributed by atoms with Gasteiger partial charge in [-0.1, -0.05) is 46.3 Å². The van der Waals surface area contributed by atoms with Crippen molar-refractivity contribution in [2.24, 2.45) is 0 Å². The monoisotopic (exact) mass is 310 g/mol. The number of rotatable bonds is 3. The lowest BCUT2D eigenvalue weighted by molar-refractivity contribution is 0.0264. The van der Waals surface area contributed by atoms with Gasteiger partial charge in [0.05, 0.1) is 5.60 Å². The Bertz CT molecular complexity index is 267. The molecular formula is C10H12ClIO. The first kappa shape index (κ1) is 11.3. The highest BCUT2D eigenvalue weighted by atomic mass is 127. The van der Waals surface area contributed by atoms with Crippen LogP contribution in [0.4, 0.5) is 0 Å². The van der Waals surface area contributed by atoms with E-state index in [0.29, 0.717) is 0 Å². The summed E-state index contributed by atoms with van der Waals surface area (Å²) < 4.78 is 6.38. The maximum Gasteiger partial charge on any atom is 0.0988 e. The average molecular weight is 311 g/mol. The van der Waals surface area contributed by atoms with Crippen LogP contribution >= 0.6 is 34.2 Å². The van der Waals surface area contributed by atoms with Crippen LogP contribution < -0.4 is 0 Å². The lowest BCUT2D eigenvalue weighted by Gasteiger charge is -2.26. The second-order valence-corrected chi connectivity index (χ2v) is 4.27. The molecule has 1 atom stereocenters. The predicted molar refractivity (Wildman–Crippen MR) is 64.7 cm³/mol. The van der Waals surface area contributed by atoms with Crippen molar-refractivity contribution in [2.75, 3.05) is 11.5 Å². The highest BCUT2D eigenvalue weighted by Gasteiger charge is 2.24. The first-order chi connectivity index (χ1) is 6.12. The first-order valence-electron chi connectivity index (χ1n) is 3.99. The van der Waals surface area contributed by atoms with E-state index in [1.807, 2.05) is 24.3 Å². The topological polar surface area (TPSA) is 9.23 Å². The van der Waals surface area contributed by atoms with E-state index in [4.69, 9.17) is 16.3 Å². The van der Waals surface area contributed by atoms with Gasteiger partial charge in [-0.05, 0) is 24.6 Å². The Morgan fingerprint density at radius 2 is 1.92 bits per heavy atom. The third-order valence-corrected chi connectivity index (χ3v) is 3.87. The summed E-state index contributed by atoms with van der Waals surface area (Å²) in [6.45, 7) is 2.07. The van der Waals surface area contributed by atoms with Gasteiger partial charge in [0.25, 0.3) is 0 Å². The summed E-state index contributed by atoms with van der Waals surface area (Å²) in [4.78, 5) is 0. The van der Waals surface area contributed by atoms with Gasteiger partial charge < -0.3 is 4.74 Å². The SMILES string of the molecule is COC(C)(CI)c1ccc(Cl)cc1. The van der Waals surface area contributed by atoms with Gasteiger partial charge >= 0.3 is 0 Å². The maximum atomic E-state index is 5.81. The Kier molecular flexibility index (Phi) is 4.01. The molecule has 1 rings (SSSR count). The minimum Gasteiger partial charge on any atom is -0.373 e. The van der Waals surface area contributed by atoms with Crippen molar-refractivity contribution in [3.63, 3.8) is 0 Å². The zero-order valence-corrected chi connectivity index (χ0v) is 10.6. The van der Waals surface area contributed by atoms with E-state index in [1.165, 1.54) is 0 Å². The summed E-state index contributed by atoms with van der Waals surface area (Å²) in [5.74, 6) is 0. The predicted octanol–water partition coefficient (Wildman–Crippen LogP) is 3.64. The van der Waals surface area contributed by atoms with Crippen LogP contribution in [0.15, 0.2) is 24.3 Å². The number of hydrogen-bond donors (Lipinski definition) is 0. The van der Waals surface area contributed by atoms with Gasteiger partial charge in [0, 0.05) is 16.6 Å². The minimum absolute atomic E-state index is 0.203. The number of benzene rings is 1. The quantitative estimate of drug-likeness (QED) is 0.612. The molecule has 13 heavy (non-hydrogen) atoms. The molecule has 0 heterocycles. The highest BCUT2D eigenvalue weighted by molar-refractivity contribution is 14.1. The zero-order valence-electron chi connectivity index (χ0n) is 7.68. The second kappa shape index (κ2) is 4.62. The van der Waals surface area contributed by atoms with Crippen molar-refractivity contribution < 1.29 is 4.74 Å². The molecule has 0 fully saturated rings. The van der Waals surface area contributed by atoms with E-state index in [0.717, 1.165) is 15.0 Å². The fourth-order valence-corrected chi connectivity index (χ4v) is 1.93. The molecular weight excluding hydrogens is 298 g/mol. The van der Waals surface area contributed by atoms with Crippen LogP contribution in [0, 0.1) is 0 Å². The van der Waals surface area contributed by atoms with Crippen LogP contribution in [0.5, 0.6) is 0 Å². The Labute approximate surface area is 97.6 Å². The van der Waals surface area contributed by atoms with Crippen LogP contribution in [0.3, 0.4) is 0 Å². The smallest absolute Gasteiger partial charge is 0.0988 e. The second-order valence-electron chi connectivity index (χ2n) is 3.08. The summed E-state index contributed by atoms with van der Waals surface area (Å²) >= 11 is 8.13. The van der Waals surface area contributed by atoms with Crippen LogP contribution in [-0.2, 0) is 10.3 Å². The molecule has 0 saturated carbocycles. The average Bonchev–Trinajstić information content (AvgIpc) is 2.18. The van der Waals surface area contributed by atoms with Crippen molar-refractivity contribution in [3.05, 3.63) is 34.9 Å². The van der Waals surface area contributed by atoms with Crippen molar-refractivity contribution in [3.8, 4) is 0 Å². The van der Waals surface area contributed by atoms with Gasteiger partial charge in [0.2, 0.25) is 0 Å². The molecule has 0 radical (unpaired) electrons. The third-order valence-electron chi connectivity index (χ3n) is 2.16. The molecule has 1 nitrogen and oxygen atoms in total. The van der Waals surface area contributed by atoms with E-state index in [1.54, 1.807) is 7.11 Å². The van der Waals surface area contributed by atoms with Crippen LogP contribution in [0.1, 0.15) is 12.5 Å². The van der Waals surface area contributed by atoms with E-state index in [9.17, 15) is 0 Å². The van der Waals surface area contributed by atoms with E-state index >= 15 is 0 Å². The largest absolute Gasteiger partial charge is 0.373 e.